The van der Waals surface area contributed by atoms with Crippen LogP contribution < -0.4 is 0 Å². The fourth-order valence-corrected chi connectivity index (χ4v) is 4.71. The van der Waals surface area contributed by atoms with Gasteiger partial charge in [-0.15, -0.1) is 10.2 Å². The van der Waals surface area contributed by atoms with Crippen LogP contribution in [0.3, 0.4) is 0 Å². The third-order valence-electron chi connectivity index (χ3n) is 4.56. The van der Waals surface area contributed by atoms with Gasteiger partial charge in [0.2, 0.25) is 10.0 Å². The molecule has 0 aliphatic carbocycles. The van der Waals surface area contributed by atoms with Gasteiger partial charge in [0.1, 0.15) is 5.82 Å². The molecule has 0 N–H and O–H groups in total. The van der Waals surface area contributed by atoms with Gasteiger partial charge in [0.05, 0.1) is 18.1 Å². The lowest BCUT2D eigenvalue weighted by molar-refractivity contribution is 0.0730. The van der Waals surface area contributed by atoms with E-state index in [4.69, 9.17) is 4.74 Å². The average Bonchev–Trinajstić information content (AvgIpc) is 3.07. The van der Waals surface area contributed by atoms with Gasteiger partial charge in [-0.3, -0.25) is 0 Å². The van der Waals surface area contributed by atoms with Gasteiger partial charge in [-0.05, 0) is 25.0 Å². The Morgan fingerprint density at radius 1 is 1.04 bits per heavy atom. The van der Waals surface area contributed by atoms with E-state index in [0.717, 1.165) is 43.0 Å². The maximum absolute atomic E-state index is 12.8. The second-order valence-corrected chi connectivity index (χ2v) is 8.03. The van der Waals surface area contributed by atoms with Crippen LogP contribution in [0.4, 0.5) is 0 Å². The Bertz CT molecular complexity index is 841. The lowest BCUT2D eigenvalue weighted by atomic mass is 10.1. The molecule has 0 amide bonds. The van der Waals surface area contributed by atoms with Crippen molar-refractivity contribution in [3.05, 3.63) is 30.1 Å². The summed E-state index contributed by atoms with van der Waals surface area (Å²) in [5.41, 5.74) is 0.796. The number of sulfonamides is 1. The molecule has 0 unspecified atom stereocenters. The van der Waals surface area contributed by atoms with Crippen molar-refractivity contribution in [2.24, 2.45) is 0 Å². The number of nitrogens with zero attached hydrogens (tertiary/aromatic N) is 4. The molecule has 7 nitrogen and oxygen atoms in total. The highest BCUT2D eigenvalue weighted by molar-refractivity contribution is 7.89. The van der Waals surface area contributed by atoms with E-state index in [1.807, 2.05) is 6.07 Å². The van der Waals surface area contributed by atoms with Crippen LogP contribution in [0.25, 0.3) is 11.4 Å². The van der Waals surface area contributed by atoms with Crippen molar-refractivity contribution >= 4 is 10.0 Å². The summed E-state index contributed by atoms with van der Waals surface area (Å²) in [5.74, 6) is 1.74. The molecule has 128 valence electrons. The van der Waals surface area contributed by atoms with Gasteiger partial charge in [0.25, 0.3) is 0 Å². The maximum Gasteiger partial charge on any atom is 0.243 e. The normalized spacial score (nSPS) is 19.2. The number of ether oxygens (including phenoxy) is 1. The molecule has 8 heteroatoms. The van der Waals surface area contributed by atoms with Crippen LogP contribution in [0.15, 0.2) is 29.2 Å². The molecule has 2 aliphatic rings. The first-order valence-corrected chi connectivity index (χ1v) is 9.71. The third-order valence-corrected chi connectivity index (χ3v) is 6.45. The van der Waals surface area contributed by atoms with Crippen molar-refractivity contribution in [2.75, 3.05) is 26.3 Å². The second kappa shape index (κ2) is 6.27. The van der Waals surface area contributed by atoms with Crippen LogP contribution in [0.5, 0.6) is 0 Å². The molecule has 1 aromatic heterocycles. The minimum atomic E-state index is -3.50. The van der Waals surface area contributed by atoms with Gasteiger partial charge >= 0.3 is 0 Å². The highest BCUT2D eigenvalue weighted by Gasteiger charge is 2.27. The Kier molecular flexibility index (Phi) is 4.11. The van der Waals surface area contributed by atoms with E-state index in [2.05, 4.69) is 14.8 Å². The summed E-state index contributed by atoms with van der Waals surface area (Å²) in [7, 11) is -3.50. The Hall–Kier alpha value is -1.77. The minimum Gasteiger partial charge on any atom is -0.379 e. The number of aryl methyl sites for hydroxylation is 1. The van der Waals surface area contributed by atoms with Crippen LogP contribution in [-0.2, 0) is 27.7 Å². The number of hydrogen-bond donors (Lipinski definition) is 0. The second-order valence-electron chi connectivity index (χ2n) is 6.09. The number of fused-ring (bicyclic) bond motifs is 1. The summed E-state index contributed by atoms with van der Waals surface area (Å²) in [6, 6.07) is 7.01. The van der Waals surface area contributed by atoms with Gasteiger partial charge in [-0.1, -0.05) is 12.1 Å². The fourth-order valence-electron chi connectivity index (χ4n) is 3.25. The number of hydrogen-bond acceptors (Lipinski definition) is 5. The standard InChI is InChI=1S/C16H20N4O3S/c21-24(22,19-8-10-23-11-9-19)14-5-3-4-13(12-14)16-18-17-15-6-1-2-7-20(15)16/h3-5,12H,1-2,6-11H2. The van der Waals surface area contributed by atoms with Crippen molar-refractivity contribution in [3.8, 4) is 11.4 Å². The summed E-state index contributed by atoms with van der Waals surface area (Å²) < 4.78 is 34.5. The molecule has 0 spiro atoms. The van der Waals surface area contributed by atoms with E-state index >= 15 is 0 Å². The Labute approximate surface area is 141 Å². The molecule has 2 aliphatic heterocycles. The van der Waals surface area contributed by atoms with Crippen molar-refractivity contribution in [3.63, 3.8) is 0 Å². The first-order valence-electron chi connectivity index (χ1n) is 8.27. The monoisotopic (exact) mass is 348 g/mol. The summed E-state index contributed by atoms with van der Waals surface area (Å²) in [6.45, 7) is 2.56. The first-order chi connectivity index (χ1) is 11.7. The van der Waals surface area contributed by atoms with E-state index < -0.39 is 10.0 Å². The fraction of sp³-hybridized carbons (Fsp3) is 0.500. The molecule has 4 rings (SSSR count). The van der Waals surface area contributed by atoms with Crippen LogP contribution in [-0.4, -0.2) is 53.8 Å². The molecule has 1 saturated heterocycles. The van der Waals surface area contributed by atoms with Crippen LogP contribution in [0, 0.1) is 0 Å². The predicted molar refractivity (Wildman–Crippen MR) is 88.0 cm³/mol. The smallest absolute Gasteiger partial charge is 0.243 e. The molecule has 1 fully saturated rings. The summed E-state index contributed by atoms with van der Waals surface area (Å²) in [4.78, 5) is 0.301. The molecular formula is C16H20N4O3S. The maximum atomic E-state index is 12.8. The van der Waals surface area contributed by atoms with Crippen molar-refractivity contribution < 1.29 is 13.2 Å². The average molecular weight is 348 g/mol. The highest BCUT2D eigenvalue weighted by Crippen LogP contribution is 2.26. The number of morpholine rings is 1. The molecule has 24 heavy (non-hydrogen) atoms. The Balaban J connectivity index is 1.70. The van der Waals surface area contributed by atoms with Crippen molar-refractivity contribution in [1.82, 2.24) is 19.1 Å². The van der Waals surface area contributed by atoms with Crippen LogP contribution >= 0.6 is 0 Å². The van der Waals surface area contributed by atoms with Gasteiger partial charge < -0.3 is 9.30 Å². The van der Waals surface area contributed by atoms with E-state index in [-0.39, 0.29) is 0 Å². The SMILES string of the molecule is O=S(=O)(c1cccc(-c2nnc3n2CCCC3)c1)N1CCOCC1. The zero-order chi connectivity index (χ0) is 16.6. The number of rotatable bonds is 3. The largest absolute Gasteiger partial charge is 0.379 e. The lowest BCUT2D eigenvalue weighted by Crippen LogP contribution is -2.40. The first kappa shape index (κ1) is 15.7. The quantitative estimate of drug-likeness (QED) is 0.836. The Morgan fingerprint density at radius 3 is 2.71 bits per heavy atom. The highest BCUT2D eigenvalue weighted by atomic mass is 32.2. The molecular weight excluding hydrogens is 328 g/mol. The minimum absolute atomic E-state index is 0.301. The van der Waals surface area contributed by atoms with Gasteiger partial charge in [0.15, 0.2) is 5.82 Å². The summed E-state index contributed by atoms with van der Waals surface area (Å²) >= 11 is 0. The summed E-state index contributed by atoms with van der Waals surface area (Å²) in [5, 5.41) is 8.54. The van der Waals surface area contributed by atoms with Crippen molar-refractivity contribution in [2.45, 2.75) is 30.7 Å². The van der Waals surface area contributed by atoms with Gasteiger partial charge in [-0.25, -0.2) is 8.42 Å². The number of aromatic nitrogens is 3. The molecule has 3 heterocycles. The van der Waals surface area contributed by atoms with Crippen LogP contribution in [0.1, 0.15) is 18.7 Å². The van der Waals surface area contributed by atoms with Gasteiger partial charge in [0, 0.05) is 31.6 Å². The van der Waals surface area contributed by atoms with E-state index in [1.165, 1.54) is 4.31 Å². The Morgan fingerprint density at radius 2 is 1.88 bits per heavy atom. The van der Waals surface area contributed by atoms with Gasteiger partial charge in [-0.2, -0.15) is 4.31 Å². The van der Waals surface area contributed by atoms with E-state index in [0.29, 0.717) is 31.2 Å². The molecule has 0 saturated carbocycles. The zero-order valence-corrected chi connectivity index (χ0v) is 14.2. The van der Waals surface area contributed by atoms with Crippen molar-refractivity contribution in [1.29, 1.82) is 0 Å². The molecule has 0 atom stereocenters. The molecule has 2 aromatic rings. The topological polar surface area (TPSA) is 77.3 Å². The lowest BCUT2D eigenvalue weighted by Gasteiger charge is -2.26. The molecule has 1 aromatic carbocycles. The van der Waals surface area contributed by atoms with E-state index in [1.54, 1.807) is 18.2 Å². The van der Waals surface area contributed by atoms with E-state index in [9.17, 15) is 8.42 Å². The molecule has 0 radical (unpaired) electrons. The van der Waals surface area contributed by atoms with Crippen LogP contribution in [0.2, 0.25) is 0 Å². The zero-order valence-electron chi connectivity index (χ0n) is 13.4. The third kappa shape index (κ3) is 2.74. The summed E-state index contributed by atoms with van der Waals surface area (Å²) in [6.07, 6.45) is 3.16. The molecule has 0 bridgehead atoms. The number of benzene rings is 1. The predicted octanol–water partition coefficient (Wildman–Crippen LogP) is 1.30.